The van der Waals surface area contributed by atoms with Crippen LogP contribution in [0, 0.1) is 0 Å². The Morgan fingerprint density at radius 1 is 1.25 bits per heavy atom. The van der Waals surface area contributed by atoms with Gasteiger partial charge in [-0.25, -0.2) is 4.98 Å². The summed E-state index contributed by atoms with van der Waals surface area (Å²) in [5, 5.41) is 0. The van der Waals surface area contributed by atoms with E-state index in [1.807, 2.05) is 6.07 Å². The monoisotopic (exact) mass is 269 g/mol. The largest absolute Gasteiger partial charge is 0.469 e. The molecule has 0 radical (unpaired) electrons. The Morgan fingerprint density at radius 3 is 2.80 bits per heavy atom. The van der Waals surface area contributed by atoms with E-state index in [9.17, 15) is 0 Å². The van der Waals surface area contributed by atoms with Crippen molar-refractivity contribution in [1.82, 2.24) is 9.55 Å². The lowest BCUT2D eigenvalue weighted by molar-refractivity contribution is 0.516. The molecule has 0 fully saturated rings. The number of hydrogen-bond donors (Lipinski definition) is 1. The molecule has 0 saturated heterocycles. The van der Waals surface area contributed by atoms with E-state index in [0.29, 0.717) is 6.54 Å². The van der Waals surface area contributed by atoms with Gasteiger partial charge in [0.25, 0.3) is 0 Å². The second-order valence-electron chi connectivity index (χ2n) is 4.82. The van der Waals surface area contributed by atoms with Crippen molar-refractivity contribution in [3.8, 4) is 11.4 Å². The van der Waals surface area contributed by atoms with Crippen LogP contribution >= 0.6 is 0 Å². The summed E-state index contributed by atoms with van der Waals surface area (Å²) >= 11 is 0. The molecule has 0 unspecified atom stereocenters. The van der Waals surface area contributed by atoms with Gasteiger partial charge in [-0.2, -0.15) is 0 Å². The Hall–Kier alpha value is -2.07. The van der Waals surface area contributed by atoms with Crippen LogP contribution in [-0.2, 0) is 19.5 Å². The minimum atomic E-state index is 0.538. The summed E-state index contributed by atoms with van der Waals surface area (Å²) in [6.07, 6.45) is 2.60. The fourth-order valence-corrected chi connectivity index (χ4v) is 2.64. The van der Waals surface area contributed by atoms with E-state index >= 15 is 0 Å². The van der Waals surface area contributed by atoms with E-state index < -0.39 is 0 Å². The van der Waals surface area contributed by atoms with Gasteiger partial charge in [0.05, 0.1) is 22.9 Å². The van der Waals surface area contributed by atoms with Crippen LogP contribution in [0.1, 0.15) is 25.2 Å². The predicted octanol–water partition coefficient (Wildman–Crippen LogP) is 3.34. The zero-order valence-electron chi connectivity index (χ0n) is 11.9. The van der Waals surface area contributed by atoms with Gasteiger partial charge < -0.3 is 14.7 Å². The van der Waals surface area contributed by atoms with Crippen LogP contribution in [0.15, 0.2) is 34.9 Å². The maximum Gasteiger partial charge on any atom is 0.144 e. The number of furan rings is 1. The number of aromatic nitrogens is 2. The van der Waals surface area contributed by atoms with Gasteiger partial charge in [-0.05, 0) is 30.7 Å². The first kappa shape index (κ1) is 12.9. The topological polar surface area (TPSA) is 57.0 Å². The van der Waals surface area contributed by atoms with Gasteiger partial charge in [-0.15, -0.1) is 0 Å². The summed E-state index contributed by atoms with van der Waals surface area (Å²) in [5.74, 6) is 1.95. The van der Waals surface area contributed by atoms with E-state index in [1.54, 1.807) is 6.26 Å². The third-order valence-electron chi connectivity index (χ3n) is 3.67. The minimum Gasteiger partial charge on any atom is -0.469 e. The summed E-state index contributed by atoms with van der Waals surface area (Å²) in [7, 11) is 0. The fourth-order valence-electron chi connectivity index (χ4n) is 2.64. The van der Waals surface area contributed by atoms with Gasteiger partial charge in [0.2, 0.25) is 0 Å². The average molecular weight is 269 g/mol. The number of imidazole rings is 1. The van der Waals surface area contributed by atoms with E-state index in [1.165, 1.54) is 0 Å². The molecule has 0 aliphatic heterocycles. The Labute approximate surface area is 118 Å². The van der Waals surface area contributed by atoms with Gasteiger partial charge in [-0.1, -0.05) is 13.0 Å². The van der Waals surface area contributed by atoms with Gasteiger partial charge >= 0.3 is 0 Å². The highest BCUT2D eigenvalue weighted by Gasteiger charge is 2.16. The molecule has 0 saturated carbocycles. The van der Waals surface area contributed by atoms with Crippen LogP contribution in [0.25, 0.3) is 22.4 Å². The molecule has 0 aliphatic carbocycles. The van der Waals surface area contributed by atoms with E-state index in [0.717, 1.165) is 46.7 Å². The molecule has 4 nitrogen and oxygen atoms in total. The van der Waals surface area contributed by atoms with Crippen molar-refractivity contribution in [2.24, 2.45) is 5.73 Å². The molecule has 3 aromatic rings. The number of fused-ring (bicyclic) bond motifs is 1. The molecule has 0 amide bonds. The third kappa shape index (κ3) is 1.93. The zero-order chi connectivity index (χ0) is 14.1. The van der Waals surface area contributed by atoms with Crippen molar-refractivity contribution in [2.75, 3.05) is 0 Å². The molecule has 4 heteroatoms. The molecule has 0 aliphatic rings. The Balaban J connectivity index is 2.25. The van der Waals surface area contributed by atoms with Gasteiger partial charge in [0.1, 0.15) is 11.6 Å². The number of nitrogens with zero attached hydrogens (tertiary/aromatic N) is 2. The normalized spacial score (nSPS) is 11.3. The number of nitrogens with two attached hydrogens (primary N) is 1. The maximum atomic E-state index is 5.71. The zero-order valence-corrected chi connectivity index (χ0v) is 11.9. The van der Waals surface area contributed by atoms with Crippen LogP contribution < -0.4 is 5.73 Å². The van der Waals surface area contributed by atoms with Gasteiger partial charge in [-0.3, -0.25) is 0 Å². The Kier molecular flexibility index (Phi) is 3.32. The smallest absolute Gasteiger partial charge is 0.144 e. The highest BCUT2D eigenvalue weighted by Crippen LogP contribution is 2.29. The van der Waals surface area contributed by atoms with Crippen molar-refractivity contribution in [2.45, 2.75) is 33.4 Å². The van der Waals surface area contributed by atoms with Crippen LogP contribution in [0.3, 0.4) is 0 Å². The maximum absolute atomic E-state index is 5.71. The third-order valence-corrected chi connectivity index (χ3v) is 3.67. The first-order valence-corrected chi connectivity index (χ1v) is 7.04. The lowest BCUT2D eigenvalue weighted by Crippen LogP contribution is -1.98. The Bertz CT molecular complexity index is 739. The molecular formula is C16H19N3O. The second-order valence-corrected chi connectivity index (χ2v) is 4.82. The van der Waals surface area contributed by atoms with Gasteiger partial charge in [0.15, 0.2) is 0 Å². The number of hydrogen-bond acceptors (Lipinski definition) is 3. The molecule has 0 spiro atoms. The molecule has 2 heterocycles. The molecule has 1 aromatic carbocycles. The predicted molar refractivity (Wildman–Crippen MR) is 80.4 cm³/mol. The highest BCUT2D eigenvalue weighted by molar-refractivity contribution is 5.81. The van der Waals surface area contributed by atoms with Crippen LogP contribution in [0.4, 0.5) is 0 Å². The van der Waals surface area contributed by atoms with Crippen molar-refractivity contribution in [3.05, 3.63) is 41.9 Å². The number of aryl methyl sites for hydroxylation is 2. The molecule has 20 heavy (non-hydrogen) atoms. The molecule has 0 bridgehead atoms. The first-order chi connectivity index (χ1) is 9.78. The SMILES string of the molecule is CCc1occc1-c1nc2cc(CN)ccc2n1CC. The van der Waals surface area contributed by atoms with Crippen molar-refractivity contribution in [3.63, 3.8) is 0 Å². The highest BCUT2D eigenvalue weighted by atomic mass is 16.3. The summed E-state index contributed by atoms with van der Waals surface area (Å²) in [5.41, 5.74) is 10.0. The molecule has 3 rings (SSSR count). The second kappa shape index (κ2) is 5.13. The summed E-state index contributed by atoms with van der Waals surface area (Å²) in [6.45, 7) is 5.64. The van der Waals surface area contributed by atoms with Crippen molar-refractivity contribution < 1.29 is 4.42 Å². The van der Waals surface area contributed by atoms with E-state index in [2.05, 4.69) is 36.6 Å². The Morgan fingerprint density at radius 2 is 2.10 bits per heavy atom. The molecule has 2 aromatic heterocycles. The van der Waals surface area contributed by atoms with E-state index in [4.69, 9.17) is 15.1 Å². The summed E-state index contributed by atoms with van der Waals surface area (Å²) in [4.78, 5) is 4.79. The van der Waals surface area contributed by atoms with Crippen LogP contribution in [0.5, 0.6) is 0 Å². The molecular weight excluding hydrogens is 250 g/mol. The average Bonchev–Trinajstić information content (AvgIpc) is 3.09. The van der Waals surface area contributed by atoms with Crippen molar-refractivity contribution >= 4 is 11.0 Å². The minimum absolute atomic E-state index is 0.538. The fraction of sp³-hybridized carbons (Fsp3) is 0.312. The number of rotatable bonds is 4. The standard InChI is InChI=1S/C16H19N3O/c1-3-15-12(7-8-20-15)16-18-13-9-11(10-17)5-6-14(13)19(16)4-2/h5-9H,3-4,10,17H2,1-2H3. The quantitative estimate of drug-likeness (QED) is 0.790. The summed E-state index contributed by atoms with van der Waals surface area (Å²) in [6, 6.07) is 8.23. The molecule has 104 valence electrons. The lowest BCUT2D eigenvalue weighted by atomic mass is 10.2. The van der Waals surface area contributed by atoms with Crippen molar-refractivity contribution in [1.29, 1.82) is 0 Å². The van der Waals surface area contributed by atoms with Crippen LogP contribution in [0.2, 0.25) is 0 Å². The summed E-state index contributed by atoms with van der Waals surface area (Å²) < 4.78 is 7.76. The van der Waals surface area contributed by atoms with E-state index in [-0.39, 0.29) is 0 Å². The molecule has 0 atom stereocenters. The van der Waals surface area contributed by atoms with Gasteiger partial charge in [0, 0.05) is 19.5 Å². The molecule has 2 N–H and O–H groups in total. The first-order valence-electron chi connectivity index (χ1n) is 7.04. The number of benzene rings is 1. The van der Waals surface area contributed by atoms with Crippen LogP contribution in [-0.4, -0.2) is 9.55 Å². The lowest BCUT2D eigenvalue weighted by Gasteiger charge is -2.05.